The first kappa shape index (κ1) is 9.39. The van der Waals surface area contributed by atoms with Gasteiger partial charge in [0.1, 0.15) is 8.83 Å². The summed E-state index contributed by atoms with van der Waals surface area (Å²) in [5.41, 5.74) is 0. The summed E-state index contributed by atoms with van der Waals surface area (Å²) in [4.78, 5) is 4.08. The van der Waals surface area contributed by atoms with Crippen LogP contribution >= 0.6 is 46.3 Å². The second kappa shape index (κ2) is 5.04. The molecule has 0 aliphatic carbocycles. The Morgan fingerprint density at radius 2 is 2.55 bits per heavy atom. The standard InChI is InChI=1S/C6H5Cl2NS2/c7-5(8)1-3-10-6-9-2-4-11-6/h1-2,4H,3H2. The van der Waals surface area contributed by atoms with Crippen molar-refractivity contribution in [3.05, 3.63) is 22.1 Å². The number of hydrogen-bond donors (Lipinski definition) is 0. The largest absolute Gasteiger partial charge is 0.238 e. The van der Waals surface area contributed by atoms with Crippen LogP contribution in [0, 0.1) is 0 Å². The molecule has 0 aliphatic rings. The Labute approximate surface area is 83.4 Å². The van der Waals surface area contributed by atoms with Gasteiger partial charge in [0, 0.05) is 17.3 Å². The van der Waals surface area contributed by atoms with Crippen LogP contribution in [0.15, 0.2) is 26.5 Å². The summed E-state index contributed by atoms with van der Waals surface area (Å²) >= 11 is 14.1. The second-order valence-electron chi connectivity index (χ2n) is 1.60. The molecule has 60 valence electrons. The topological polar surface area (TPSA) is 12.9 Å². The Balaban J connectivity index is 2.30. The lowest BCUT2D eigenvalue weighted by Gasteiger charge is -1.88. The van der Waals surface area contributed by atoms with Crippen LogP contribution < -0.4 is 0 Å². The SMILES string of the molecule is ClC(Cl)=CCSc1nccs1. The van der Waals surface area contributed by atoms with Crippen molar-refractivity contribution in [2.45, 2.75) is 4.34 Å². The quantitative estimate of drug-likeness (QED) is 0.731. The third kappa shape index (κ3) is 4.01. The van der Waals surface area contributed by atoms with E-state index < -0.39 is 0 Å². The molecule has 5 heteroatoms. The van der Waals surface area contributed by atoms with Crippen molar-refractivity contribution >= 4 is 46.3 Å². The summed E-state index contributed by atoms with van der Waals surface area (Å²) in [5.74, 6) is 0.774. The van der Waals surface area contributed by atoms with Crippen molar-refractivity contribution in [3.8, 4) is 0 Å². The van der Waals surface area contributed by atoms with E-state index >= 15 is 0 Å². The van der Waals surface area contributed by atoms with Crippen molar-refractivity contribution in [2.75, 3.05) is 5.75 Å². The Morgan fingerprint density at radius 3 is 3.09 bits per heavy atom. The molecule has 0 atom stereocenters. The lowest BCUT2D eigenvalue weighted by molar-refractivity contribution is 1.25. The van der Waals surface area contributed by atoms with Crippen LogP contribution in [0.3, 0.4) is 0 Å². The first-order chi connectivity index (χ1) is 5.29. The Bertz CT molecular complexity index is 229. The molecule has 1 aromatic rings. The molecule has 0 saturated heterocycles. The van der Waals surface area contributed by atoms with Crippen molar-refractivity contribution in [1.82, 2.24) is 4.98 Å². The minimum absolute atomic E-state index is 0.314. The van der Waals surface area contributed by atoms with Crippen LogP contribution in [0.1, 0.15) is 0 Å². The summed E-state index contributed by atoms with van der Waals surface area (Å²) in [7, 11) is 0. The molecule has 0 bridgehead atoms. The number of thioether (sulfide) groups is 1. The molecular formula is C6H5Cl2NS2. The molecule has 0 unspecified atom stereocenters. The van der Waals surface area contributed by atoms with Gasteiger partial charge in [-0.15, -0.1) is 11.3 Å². The van der Waals surface area contributed by atoms with E-state index in [2.05, 4.69) is 4.98 Å². The van der Waals surface area contributed by atoms with Gasteiger partial charge in [-0.1, -0.05) is 35.0 Å². The molecule has 1 aromatic heterocycles. The van der Waals surface area contributed by atoms with Gasteiger partial charge in [0.2, 0.25) is 0 Å². The van der Waals surface area contributed by atoms with Gasteiger partial charge >= 0.3 is 0 Å². The lowest BCUT2D eigenvalue weighted by Crippen LogP contribution is -1.70. The highest BCUT2D eigenvalue weighted by Crippen LogP contribution is 2.21. The van der Waals surface area contributed by atoms with Gasteiger partial charge in [-0.05, 0) is 6.08 Å². The highest BCUT2D eigenvalue weighted by molar-refractivity contribution is 8.01. The third-order valence-corrected chi connectivity index (χ3v) is 3.06. The fraction of sp³-hybridized carbons (Fsp3) is 0.167. The van der Waals surface area contributed by atoms with E-state index in [4.69, 9.17) is 23.2 Å². The number of aromatic nitrogens is 1. The maximum atomic E-state index is 5.41. The maximum absolute atomic E-state index is 5.41. The average molecular weight is 226 g/mol. The van der Waals surface area contributed by atoms with Crippen LogP contribution in [0.5, 0.6) is 0 Å². The molecule has 0 aliphatic heterocycles. The van der Waals surface area contributed by atoms with Crippen molar-refractivity contribution in [2.24, 2.45) is 0 Å². The van der Waals surface area contributed by atoms with Gasteiger partial charge in [-0.25, -0.2) is 4.98 Å². The van der Waals surface area contributed by atoms with E-state index in [1.165, 1.54) is 0 Å². The van der Waals surface area contributed by atoms with E-state index in [1.54, 1.807) is 35.4 Å². The van der Waals surface area contributed by atoms with Crippen molar-refractivity contribution in [1.29, 1.82) is 0 Å². The maximum Gasteiger partial charge on any atom is 0.150 e. The van der Waals surface area contributed by atoms with E-state index in [0.717, 1.165) is 10.1 Å². The Kier molecular flexibility index (Phi) is 4.30. The summed E-state index contributed by atoms with van der Waals surface area (Å²) < 4.78 is 1.35. The highest BCUT2D eigenvalue weighted by Gasteiger charge is 1.93. The third-order valence-electron chi connectivity index (χ3n) is 0.854. The molecule has 0 N–H and O–H groups in total. The molecule has 1 nitrogen and oxygen atoms in total. The van der Waals surface area contributed by atoms with Gasteiger partial charge in [0.25, 0.3) is 0 Å². The molecule has 11 heavy (non-hydrogen) atoms. The minimum Gasteiger partial charge on any atom is -0.238 e. The number of halogens is 2. The number of rotatable bonds is 3. The predicted molar refractivity (Wildman–Crippen MR) is 52.6 cm³/mol. The summed E-state index contributed by atoms with van der Waals surface area (Å²) in [5, 5.41) is 1.94. The summed E-state index contributed by atoms with van der Waals surface area (Å²) in [6.07, 6.45) is 3.52. The van der Waals surface area contributed by atoms with Gasteiger partial charge in [0.05, 0.1) is 0 Å². The smallest absolute Gasteiger partial charge is 0.150 e. The van der Waals surface area contributed by atoms with Gasteiger partial charge in [-0.2, -0.15) is 0 Å². The molecule has 0 spiro atoms. The summed E-state index contributed by atoms with van der Waals surface area (Å²) in [6.45, 7) is 0. The van der Waals surface area contributed by atoms with E-state index in [0.29, 0.717) is 4.49 Å². The first-order valence-corrected chi connectivity index (χ1v) is 5.44. The molecule has 0 fully saturated rings. The van der Waals surface area contributed by atoms with E-state index in [-0.39, 0.29) is 0 Å². The predicted octanol–water partition coefficient (Wildman–Crippen LogP) is 3.55. The van der Waals surface area contributed by atoms with E-state index in [1.807, 2.05) is 5.38 Å². The lowest BCUT2D eigenvalue weighted by atomic mass is 10.8. The molecule has 0 radical (unpaired) electrons. The van der Waals surface area contributed by atoms with Gasteiger partial charge < -0.3 is 0 Å². The van der Waals surface area contributed by atoms with Crippen LogP contribution in [0.2, 0.25) is 0 Å². The van der Waals surface area contributed by atoms with Crippen LogP contribution in [0.25, 0.3) is 0 Å². The normalized spacial score (nSPS) is 9.64. The van der Waals surface area contributed by atoms with Gasteiger partial charge in [-0.3, -0.25) is 0 Å². The Hall–Kier alpha value is 0.300. The zero-order chi connectivity index (χ0) is 8.10. The fourth-order valence-electron chi connectivity index (χ4n) is 0.458. The van der Waals surface area contributed by atoms with Crippen LogP contribution in [-0.2, 0) is 0 Å². The van der Waals surface area contributed by atoms with Crippen molar-refractivity contribution < 1.29 is 0 Å². The van der Waals surface area contributed by atoms with Crippen molar-refractivity contribution in [3.63, 3.8) is 0 Å². The highest BCUT2D eigenvalue weighted by atomic mass is 35.5. The minimum atomic E-state index is 0.314. The monoisotopic (exact) mass is 225 g/mol. The molecular weight excluding hydrogens is 221 g/mol. The first-order valence-electron chi connectivity index (χ1n) is 2.82. The number of hydrogen-bond acceptors (Lipinski definition) is 3. The average Bonchev–Trinajstić information content (AvgIpc) is 2.39. The Morgan fingerprint density at radius 1 is 1.73 bits per heavy atom. The molecule has 0 saturated carbocycles. The second-order valence-corrected chi connectivity index (χ2v) is 4.77. The molecule has 0 aromatic carbocycles. The molecule has 1 heterocycles. The zero-order valence-electron chi connectivity index (χ0n) is 5.46. The van der Waals surface area contributed by atoms with Gasteiger partial charge in [0.15, 0.2) is 0 Å². The number of nitrogens with zero attached hydrogens (tertiary/aromatic N) is 1. The summed E-state index contributed by atoms with van der Waals surface area (Å²) in [6, 6.07) is 0. The molecule has 1 rings (SSSR count). The van der Waals surface area contributed by atoms with Crippen LogP contribution in [-0.4, -0.2) is 10.7 Å². The van der Waals surface area contributed by atoms with E-state index in [9.17, 15) is 0 Å². The zero-order valence-corrected chi connectivity index (χ0v) is 8.60. The van der Waals surface area contributed by atoms with Crippen LogP contribution in [0.4, 0.5) is 0 Å². The molecule has 0 amide bonds. The number of thiazole rings is 1. The fourth-order valence-corrected chi connectivity index (χ4v) is 2.33.